The summed E-state index contributed by atoms with van der Waals surface area (Å²) in [6.07, 6.45) is 2.34. The molecule has 3 rings (SSSR count). The van der Waals surface area contributed by atoms with Crippen LogP contribution in [0.25, 0.3) is 0 Å². The fraction of sp³-hybridized carbons (Fsp3) is 0.480. The molecule has 3 nitrogen and oxygen atoms in total. The molecule has 1 unspecified atom stereocenters. The van der Waals surface area contributed by atoms with Crippen molar-refractivity contribution in [1.29, 1.82) is 0 Å². The Morgan fingerprint density at radius 3 is 2.21 bits per heavy atom. The molecule has 150 valence electrons. The fourth-order valence-corrected chi connectivity index (χ4v) is 4.57. The zero-order valence-electron chi connectivity index (χ0n) is 17.4. The van der Waals surface area contributed by atoms with Crippen LogP contribution in [0.5, 0.6) is 0 Å². The number of hydrogen-bond acceptors (Lipinski definition) is 3. The van der Waals surface area contributed by atoms with Crippen molar-refractivity contribution in [2.45, 2.75) is 57.7 Å². The molecular weight excluding hydrogens is 348 g/mol. The van der Waals surface area contributed by atoms with Crippen molar-refractivity contribution in [3.05, 3.63) is 71.8 Å². The standard InChI is InChI=1S/C25H32O3/c1-18-15-16-21(25(2,3)20-13-9-6-10-14-20)22(17-18)28-24(26)23(27-4)19-11-7-5-8-12-19/h5-14,18,21-23H,15-17H2,1-4H3/t18-,21-,22-,23?/m1/s1. The highest BCUT2D eigenvalue weighted by atomic mass is 16.6. The van der Waals surface area contributed by atoms with Crippen LogP contribution in [-0.4, -0.2) is 19.2 Å². The van der Waals surface area contributed by atoms with E-state index >= 15 is 0 Å². The van der Waals surface area contributed by atoms with Crippen LogP contribution in [0.3, 0.4) is 0 Å². The van der Waals surface area contributed by atoms with E-state index in [4.69, 9.17) is 9.47 Å². The number of rotatable bonds is 6. The fourth-order valence-electron chi connectivity index (χ4n) is 4.57. The summed E-state index contributed by atoms with van der Waals surface area (Å²) < 4.78 is 11.6. The maximum Gasteiger partial charge on any atom is 0.340 e. The molecule has 1 aliphatic rings. The van der Waals surface area contributed by atoms with Crippen molar-refractivity contribution in [2.24, 2.45) is 11.8 Å². The monoisotopic (exact) mass is 380 g/mol. The lowest BCUT2D eigenvalue weighted by Crippen LogP contribution is -2.44. The topological polar surface area (TPSA) is 35.5 Å². The van der Waals surface area contributed by atoms with Gasteiger partial charge in [-0.2, -0.15) is 0 Å². The van der Waals surface area contributed by atoms with E-state index in [-0.39, 0.29) is 23.4 Å². The van der Waals surface area contributed by atoms with E-state index in [1.165, 1.54) is 12.0 Å². The van der Waals surface area contributed by atoms with Crippen molar-refractivity contribution < 1.29 is 14.3 Å². The minimum absolute atomic E-state index is 0.0678. The molecule has 3 heteroatoms. The molecular formula is C25H32O3. The summed E-state index contributed by atoms with van der Waals surface area (Å²) in [6, 6.07) is 20.1. The summed E-state index contributed by atoms with van der Waals surface area (Å²) in [5, 5.41) is 0. The van der Waals surface area contributed by atoms with E-state index < -0.39 is 6.10 Å². The van der Waals surface area contributed by atoms with Gasteiger partial charge in [-0.05, 0) is 35.3 Å². The Kier molecular flexibility index (Phi) is 6.56. The maximum atomic E-state index is 13.0. The van der Waals surface area contributed by atoms with Crippen LogP contribution in [0.1, 0.15) is 57.3 Å². The molecule has 0 spiro atoms. The number of benzene rings is 2. The smallest absolute Gasteiger partial charge is 0.340 e. The first-order valence-electron chi connectivity index (χ1n) is 10.3. The highest BCUT2D eigenvalue weighted by Gasteiger charge is 2.42. The van der Waals surface area contributed by atoms with Crippen molar-refractivity contribution in [3.8, 4) is 0 Å². The lowest BCUT2D eigenvalue weighted by atomic mass is 9.64. The Labute approximate surface area is 169 Å². The Balaban J connectivity index is 1.82. The van der Waals surface area contributed by atoms with Gasteiger partial charge in [0.2, 0.25) is 0 Å². The molecule has 4 atom stereocenters. The molecule has 0 N–H and O–H groups in total. The summed E-state index contributed by atoms with van der Waals surface area (Å²) in [7, 11) is 1.56. The number of esters is 1. The minimum Gasteiger partial charge on any atom is -0.460 e. The molecule has 28 heavy (non-hydrogen) atoms. The van der Waals surface area contributed by atoms with Gasteiger partial charge in [0.05, 0.1) is 0 Å². The first-order chi connectivity index (χ1) is 13.4. The van der Waals surface area contributed by atoms with Gasteiger partial charge in [-0.15, -0.1) is 0 Å². The van der Waals surface area contributed by atoms with Gasteiger partial charge in [0, 0.05) is 13.0 Å². The summed E-state index contributed by atoms with van der Waals surface area (Å²) in [4.78, 5) is 13.0. The van der Waals surface area contributed by atoms with Crippen LogP contribution in [-0.2, 0) is 19.7 Å². The number of ether oxygens (including phenoxy) is 2. The zero-order valence-corrected chi connectivity index (χ0v) is 17.4. The molecule has 2 aromatic carbocycles. The third-order valence-corrected chi connectivity index (χ3v) is 6.32. The van der Waals surface area contributed by atoms with Crippen LogP contribution in [0.2, 0.25) is 0 Å². The molecule has 0 bridgehead atoms. The van der Waals surface area contributed by atoms with Gasteiger partial charge in [0.25, 0.3) is 0 Å². The second-order valence-corrected chi connectivity index (χ2v) is 8.61. The van der Waals surface area contributed by atoms with Crippen molar-refractivity contribution in [3.63, 3.8) is 0 Å². The van der Waals surface area contributed by atoms with Gasteiger partial charge in [-0.25, -0.2) is 4.79 Å². The van der Waals surface area contributed by atoms with Crippen molar-refractivity contribution in [2.75, 3.05) is 7.11 Å². The van der Waals surface area contributed by atoms with Gasteiger partial charge < -0.3 is 9.47 Å². The second kappa shape index (κ2) is 8.91. The van der Waals surface area contributed by atoms with E-state index in [9.17, 15) is 4.79 Å². The van der Waals surface area contributed by atoms with Crippen molar-refractivity contribution >= 4 is 5.97 Å². The van der Waals surface area contributed by atoms with Crippen LogP contribution in [0, 0.1) is 11.8 Å². The Bertz CT molecular complexity index is 754. The molecule has 0 heterocycles. The first-order valence-corrected chi connectivity index (χ1v) is 10.3. The van der Waals surface area contributed by atoms with Crippen molar-refractivity contribution in [1.82, 2.24) is 0 Å². The number of hydrogen-bond donors (Lipinski definition) is 0. The van der Waals surface area contributed by atoms with Gasteiger partial charge >= 0.3 is 5.97 Å². The predicted octanol–water partition coefficient (Wildman–Crippen LogP) is 5.70. The Hall–Kier alpha value is -2.13. The van der Waals surface area contributed by atoms with Crippen LogP contribution >= 0.6 is 0 Å². The maximum absolute atomic E-state index is 13.0. The lowest BCUT2D eigenvalue weighted by Gasteiger charge is -2.44. The number of methoxy groups -OCH3 is 1. The van der Waals surface area contributed by atoms with Gasteiger partial charge in [0.15, 0.2) is 6.10 Å². The quantitative estimate of drug-likeness (QED) is 0.603. The van der Waals surface area contributed by atoms with E-state index in [2.05, 4.69) is 45.0 Å². The molecule has 0 radical (unpaired) electrons. The Morgan fingerprint density at radius 1 is 1.00 bits per heavy atom. The third kappa shape index (κ3) is 4.47. The number of carbonyl (C=O) groups is 1. The average molecular weight is 381 g/mol. The molecule has 0 saturated heterocycles. The minimum atomic E-state index is -0.682. The molecule has 1 fully saturated rings. The van der Waals surface area contributed by atoms with Gasteiger partial charge in [-0.3, -0.25) is 0 Å². The normalized spacial score (nSPS) is 23.8. The summed E-state index contributed by atoms with van der Waals surface area (Å²) in [5.41, 5.74) is 2.06. The van der Waals surface area contributed by atoms with E-state index in [1.54, 1.807) is 7.11 Å². The van der Waals surface area contributed by atoms with E-state index in [0.717, 1.165) is 18.4 Å². The summed E-state index contributed by atoms with van der Waals surface area (Å²) >= 11 is 0. The SMILES string of the molecule is COC(C(=O)O[C@@H]1C[C@H](C)CC[C@H]1C(C)(C)c1ccccc1)c1ccccc1. The largest absolute Gasteiger partial charge is 0.460 e. The third-order valence-electron chi connectivity index (χ3n) is 6.32. The van der Waals surface area contributed by atoms with E-state index in [0.29, 0.717) is 5.92 Å². The van der Waals surface area contributed by atoms with Gasteiger partial charge in [-0.1, -0.05) is 87.9 Å². The molecule has 0 aliphatic heterocycles. The van der Waals surface area contributed by atoms with Gasteiger partial charge in [0.1, 0.15) is 6.10 Å². The molecule has 1 aliphatic carbocycles. The lowest BCUT2D eigenvalue weighted by molar-refractivity contribution is -0.168. The predicted molar refractivity (Wildman–Crippen MR) is 112 cm³/mol. The second-order valence-electron chi connectivity index (χ2n) is 8.61. The highest BCUT2D eigenvalue weighted by molar-refractivity contribution is 5.76. The molecule has 0 amide bonds. The molecule has 0 aromatic heterocycles. The zero-order chi connectivity index (χ0) is 20.1. The van der Waals surface area contributed by atoms with Crippen LogP contribution in [0.4, 0.5) is 0 Å². The average Bonchev–Trinajstić information content (AvgIpc) is 2.70. The summed E-state index contributed by atoms with van der Waals surface area (Å²) in [6.45, 7) is 6.79. The highest BCUT2D eigenvalue weighted by Crippen LogP contribution is 2.44. The molecule has 2 aromatic rings. The van der Waals surface area contributed by atoms with Crippen LogP contribution in [0.15, 0.2) is 60.7 Å². The first kappa shape index (κ1) is 20.6. The van der Waals surface area contributed by atoms with Crippen LogP contribution < -0.4 is 0 Å². The Morgan fingerprint density at radius 2 is 1.61 bits per heavy atom. The number of carbonyl (C=O) groups excluding carboxylic acids is 1. The summed E-state index contributed by atoms with van der Waals surface area (Å²) in [5.74, 6) is 0.545. The molecule has 1 saturated carbocycles. The van der Waals surface area contributed by atoms with E-state index in [1.807, 2.05) is 36.4 Å².